The van der Waals surface area contributed by atoms with Crippen molar-refractivity contribution in [1.82, 2.24) is 4.72 Å². The van der Waals surface area contributed by atoms with Crippen molar-refractivity contribution in [1.29, 1.82) is 0 Å². The largest absolute Gasteiger partial charge is 0.468 e. The molecular formula is C17H19N3O6S. The molecule has 0 aliphatic carbocycles. The van der Waals surface area contributed by atoms with Gasteiger partial charge in [0.15, 0.2) is 4.90 Å². The van der Waals surface area contributed by atoms with Gasteiger partial charge in [-0.25, -0.2) is 13.1 Å². The molecule has 0 aliphatic rings. The van der Waals surface area contributed by atoms with E-state index in [0.29, 0.717) is 5.69 Å². The van der Waals surface area contributed by atoms with Gasteiger partial charge in [0.05, 0.1) is 12.0 Å². The van der Waals surface area contributed by atoms with E-state index in [4.69, 9.17) is 0 Å². The number of anilines is 1. The fourth-order valence-corrected chi connectivity index (χ4v) is 3.58. The molecule has 0 amide bonds. The number of para-hydroxylation sites is 2. The molecule has 0 fully saturated rings. The lowest BCUT2D eigenvalue weighted by Crippen LogP contribution is -2.38. The predicted octanol–water partition coefficient (Wildman–Crippen LogP) is 1.55. The second kappa shape index (κ2) is 9.10. The zero-order valence-corrected chi connectivity index (χ0v) is 15.4. The van der Waals surface area contributed by atoms with Gasteiger partial charge in [-0.15, -0.1) is 0 Å². The van der Waals surface area contributed by atoms with Gasteiger partial charge in [-0.3, -0.25) is 14.9 Å². The van der Waals surface area contributed by atoms with E-state index in [1.54, 1.807) is 29.2 Å². The first kappa shape index (κ1) is 20.3. The summed E-state index contributed by atoms with van der Waals surface area (Å²) < 4.78 is 31.9. The molecule has 0 atom stereocenters. The van der Waals surface area contributed by atoms with E-state index in [0.717, 1.165) is 6.07 Å². The Balaban J connectivity index is 2.12. The summed E-state index contributed by atoms with van der Waals surface area (Å²) in [5.41, 5.74) is 0.215. The molecule has 0 saturated carbocycles. The molecule has 0 spiro atoms. The maximum atomic E-state index is 12.4. The van der Waals surface area contributed by atoms with Crippen LogP contribution in [0.3, 0.4) is 0 Å². The van der Waals surface area contributed by atoms with Crippen LogP contribution in [0.25, 0.3) is 0 Å². The van der Waals surface area contributed by atoms with E-state index in [9.17, 15) is 23.3 Å². The van der Waals surface area contributed by atoms with Gasteiger partial charge in [-0.1, -0.05) is 30.3 Å². The number of hydrogen-bond acceptors (Lipinski definition) is 7. The van der Waals surface area contributed by atoms with Crippen molar-refractivity contribution in [2.24, 2.45) is 0 Å². The Morgan fingerprint density at radius 3 is 2.41 bits per heavy atom. The second-order valence-electron chi connectivity index (χ2n) is 5.46. The Kier molecular flexibility index (Phi) is 6.85. The molecule has 1 N–H and O–H groups in total. The Morgan fingerprint density at radius 2 is 1.78 bits per heavy atom. The molecule has 0 aliphatic heterocycles. The quantitative estimate of drug-likeness (QED) is 0.390. The third-order valence-corrected chi connectivity index (χ3v) is 5.20. The normalized spacial score (nSPS) is 11.0. The molecule has 0 radical (unpaired) electrons. The summed E-state index contributed by atoms with van der Waals surface area (Å²) in [6.45, 7) is 0.0486. The Bertz CT molecular complexity index is 902. The fraction of sp³-hybridized carbons (Fsp3) is 0.235. The maximum Gasteiger partial charge on any atom is 0.325 e. The molecule has 0 bridgehead atoms. The van der Waals surface area contributed by atoms with Gasteiger partial charge in [0.2, 0.25) is 10.0 Å². The molecule has 10 heteroatoms. The van der Waals surface area contributed by atoms with Crippen LogP contribution in [-0.4, -0.2) is 46.1 Å². The third kappa shape index (κ3) is 5.50. The van der Waals surface area contributed by atoms with Crippen molar-refractivity contribution in [2.75, 3.05) is 31.6 Å². The highest BCUT2D eigenvalue weighted by molar-refractivity contribution is 7.89. The van der Waals surface area contributed by atoms with Gasteiger partial charge in [0, 0.05) is 24.8 Å². The van der Waals surface area contributed by atoms with Crippen LogP contribution < -0.4 is 9.62 Å². The summed E-state index contributed by atoms with van der Waals surface area (Å²) in [4.78, 5) is 23.2. The second-order valence-corrected chi connectivity index (χ2v) is 7.19. The van der Waals surface area contributed by atoms with Crippen LogP contribution in [-0.2, 0) is 19.6 Å². The van der Waals surface area contributed by atoms with E-state index in [1.807, 2.05) is 6.07 Å². The molecule has 2 aromatic rings. The SMILES string of the molecule is COC(=O)CN(CCNS(=O)(=O)c1ccccc1[N+](=O)[O-])c1ccccc1. The molecule has 2 aromatic carbocycles. The van der Waals surface area contributed by atoms with E-state index in [-0.39, 0.29) is 19.6 Å². The Morgan fingerprint density at radius 1 is 1.15 bits per heavy atom. The minimum atomic E-state index is -4.08. The fourth-order valence-electron chi connectivity index (χ4n) is 2.39. The average molecular weight is 393 g/mol. The molecule has 0 aromatic heterocycles. The van der Waals surface area contributed by atoms with Crippen molar-refractivity contribution in [2.45, 2.75) is 4.90 Å². The van der Waals surface area contributed by atoms with Gasteiger partial charge in [-0.2, -0.15) is 0 Å². The van der Waals surface area contributed by atoms with Gasteiger partial charge in [-0.05, 0) is 18.2 Å². The number of nitrogens with one attached hydrogen (secondary N) is 1. The summed E-state index contributed by atoms with van der Waals surface area (Å²) in [6, 6.07) is 14.1. The summed E-state index contributed by atoms with van der Waals surface area (Å²) in [5.74, 6) is -0.472. The number of carbonyl (C=O) groups is 1. The number of esters is 1. The van der Waals surface area contributed by atoms with Crippen LogP contribution in [0.5, 0.6) is 0 Å². The zero-order chi connectivity index (χ0) is 19.9. The Labute approximate surface area is 156 Å². The van der Waals surface area contributed by atoms with E-state index < -0.39 is 31.5 Å². The van der Waals surface area contributed by atoms with Crippen LogP contribution in [0.2, 0.25) is 0 Å². The number of ether oxygens (including phenoxy) is 1. The number of rotatable bonds is 9. The molecule has 0 saturated heterocycles. The molecular weight excluding hydrogens is 374 g/mol. The highest BCUT2D eigenvalue weighted by Crippen LogP contribution is 2.22. The number of hydrogen-bond donors (Lipinski definition) is 1. The smallest absolute Gasteiger partial charge is 0.325 e. The van der Waals surface area contributed by atoms with E-state index in [1.165, 1.54) is 25.3 Å². The molecule has 2 rings (SSSR count). The Hall–Kier alpha value is -2.98. The van der Waals surface area contributed by atoms with Crippen LogP contribution in [0, 0.1) is 10.1 Å². The van der Waals surface area contributed by atoms with Gasteiger partial charge >= 0.3 is 5.97 Å². The van der Waals surface area contributed by atoms with Crippen molar-refractivity contribution < 1.29 is 22.9 Å². The molecule has 27 heavy (non-hydrogen) atoms. The summed E-state index contributed by atoms with van der Waals surface area (Å²) in [7, 11) is -2.82. The van der Waals surface area contributed by atoms with Crippen molar-refractivity contribution in [3.05, 3.63) is 64.7 Å². The number of methoxy groups -OCH3 is 1. The first-order valence-electron chi connectivity index (χ1n) is 7.95. The number of nitro benzene ring substituents is 1. The lowest BCUT2D eigenvalue weighted by Gasteiger charge is -2.23. The van der Waals surface area contributed by atoms with Gasteiger partial charge in [0.25, 0.3) is 5.69 Å². The first-order chi connectivity index (χ1) is 12.8. The van der Waals surface area contributed by atoms with Crippen molar-refractivity contribution >= 4 is 27.4 Å². The zero-order valence-electron chi connectivity index (χ0n) is 14.6. The number of nitro groups is 1. The summed E-state index contributed by atoms with van der Waals surface area (Å²) in [5, 5.41) is 11.0. The highest BCUT2D eigenvalue weighted by atomic mass is 32.2. The van der Waals surface area contributed by atoms with Crippen LogP contribution in [0.1, 0.15) is 0 Å². The molecule has 0 heterocycles. The minimum absolute atomic E-state index is 0.0553. The average Bonchev–Trinajstić information content (AvgIpc) is 2.67. The van der Waals surface area contributed by atoms with Crippen LogP contribution >= 0.6 is 0 Å². The van der Waals surface area contributed by atoms with E-state index in [2.05, 4.69) is 9.46 Å². The molecule has 0 unspecified atom stereocenters. The number of carbonyl (C=O) groups excluding carboxylic acids is 1. The van der Waals surface area contributed by atoms with Crippen molar-refractivity contribution in [3.63, 3.8) is 0 Å². The molecule has 144 valence electrons. The monoisotopic (exact) mass is 393 g/mol. The standard InChI is InChI=1S/C17H19N3O6S/c1-26-17(21)13-19(14-7-3-2-4-8-14)12-11-18-27(24,25)16-10-6-5-9-15(16)20(22)23/h2-10,18H,11-13H2,1H3. The maximum absolute atomic E-state index is 12.4. The minimum Gasteiger partial charge on any atom is -0.468 e. The lowest BCUT2D eigenvalue weighted by molar-refractivity contribution is -0.387. The van der Waals surface area contributed by atoms with Crippen molar-refractivity contribution in [3.8, 4) is 0 Å². The number of sulfonamides is 1. The number of nitrogens with zero attached hydrogens (tertiary/aromatic N) is 2. The number of benzene rings is 2. The van der Waals surface area contributed by atoms with Gasteiger partial charge in [0.1, 0.15) is 6.54 Å². The summed E-state index contributed by atoms with van der Waals surface area (Å²) >= 11 is 0. The van der Waals surface area contributed by atoms with E-state index >= 15 is 0 Å². The van der Waals surface area contributed by atoms with Gasteiger partial charge < -0.3 is 9.64 Å². The summed E-state index contributed by atoms with van der Waals surface area (Å²) in [6.07, 6.45) is 0. The highest BCUT2D eigenvalue weighted by Gasteiger charge is 2.25. The first-order valence-corrected chi connectivity index (χ1v) is 9.43. The third-order valence-electron chi connectivity index (χ3n) is 3.69. The van der Waals surface area contributed by atoms with Crippen LogP contribution in [0.15, 0.2) is 59.5 Å². The van der Waals surface area contributed by atoms with Crippen LogP contribution in [0.4, 0.5) is 11.4 Å². The topological polar surface area (TPSA) is 119 Å². The molecule has 9 nitrogen and oxygen atoms in total. The lowest BCUT2D eigenvalue weighted by atomic mass is 10.3. The predicted molar refractivity (Wildman–Crippen MR) is 99.0 cm³/mol.